The van der Waals surface area contributed by atoms with Gasteiger partial charge in [-0.2, -0.15) is 0 Å². The van der Waals surface area contributed by atoms with Crippen LogP contribution in [0.5, 0.6) is 0 Å². The van der Waals surface area contributed by atoms with E-state index in [9.17, 15) is 0 Å². The van der Waals surface area contributed by atoms with Crippen molar-refractivity contribution in [1.29, 1.82) is 0 Å². The van der Waals surface area contributed by atoms with Gasteiger partial charge in [-0.1, -0.05) is 135 Å². The first-order valence-corrected chi connectivity index (χ1v) is 21.8. The summed E-state index contributed by atoms with van der Waals surface area (Å²) in [6, 6.07) is 71.1. The standard InChI is InChI=1S/C58H53N3/c1-57(2,3)59-38-37-49-42(40-59)20-18-29-51(49)55-50(35-36-54-56(55)52-28-15-16-30-53(52)58(54,4)5)41-19-17-27-48(39-41)61(45-25-13-8-14-26-45)47-33-31-46(32-34-47)60(43-21-9-6-10-22-43)44-23-11-7-12-24-44/h6-36,39H,37-38,40H2,1-5H3. The van der Waals surface area contributed by atoms with Gasteiger partial charge in [-0.05, 0) is 156 Å². The zero-order valence-corrected chi connectivity index (χ0v) is 35.9. The monoisotopic (exact) mass is 791 g/mol. The Bertz CT molecular complexity index is 2800. The second-order valence-electron chi connectivity index (χ2n) is 18.1. The highest BCUT2D eigenvalue weighted by Crippen LogP contribution is 2.55. The Morgan fingerprint density at radius 3 is 1.56 bits per heavy atom. The molecule has 1 heterocycles. The maximum atomic E-state index is 2.63. The summed E-state index contributed by atoms with van der Waals surface area (Å²) in [6.07, 6.45) is 1.03. The molecule has 0 radical (unpaired) electrons. The van der Waals surface area contributed by atoms with Gasteiger partial charge in [0, 0.05) is 58.2 Å². The summed E-state index contributed by atoms with van der Waals surface area (Å²) in [5, 5.41) is 0. The highest BCUT2D eigenvalue weighted by atomic mass is 15.2. The van der Waals surface area contributed by atoms with E-state index in [1.54, 1.807) is 0 Å². The lowest BCUT2D eigenvalue weighted by atomic mass is 9.79. The lowest BCUT2D eigenvalue weighted by molar-refractivity contribution is 0.121. The molecule has 0 bridgehead atoms. The fourth-order valence-electron chi connectivity index (χ4n) is 9.92. The number of benzene rings is 8. The SMILES string of the molecule is CC1(C)c2ccccc2-c2c1ccc(-c1cccc(N(c3ccccc3)c3ccc(N(c4ccccc4)c4ccccc4)cc3)c1)c2-c1cccc2c1CCN(C(C)(C)C)C2. The molecule has 2 aliphatic rings. The van der Waals surface area contributed by atoms with Crippen molar-refractivity contribution in [2.24, 2.45) is 0 Å². The van der Waals surface area contributed by atoms with E-state index in [2.05, 4.69) is 243 Å². The molecule has 0 saturated carbocycles. The van der Waals surface area contributed by atoms with E-state index >= 15 is 0 Å². The summed E-state index contributed by atoms with van der Waals surface area (Å²) in [7, 11) is 0. The quantitative estimate of drug-likeness (QED) is 0.152. The third-order valence-electron chi connectivity index (χ3n) is 13.1. The average Bonchev–Trinajstić information content (AvgIpc) is 3.53. The van der Waals surface area contributed by atoms with Crippen LogP contribution in [0.4, 0.5) is 34.1 Å². The zero-order valence-electron chi connectivity index (χ0n) is 35.9. The molecule has 10 rings (SSSR count). The first-order chi connectivity index (χ1) is 29.7. The van der Waals surface area contributed by atoms with E-state index < -0.39 is 0 Å². The second kappa shape index (κ2) is 15.4. The molecule has 8 aromatic carbocycles. The van der Waals surface area contributed by atoms with E-state index in [1.807, 2.05) is 0 Å². The van der Waals surface area contributed by atoms with Crippen molar-refractivity contribution >= 4 is 34.1 Å². The van der Waals surface area contributed by atoms with E-state index in [-0.39, 0.29) is 11.0 Å². The predicted octanol–water partition coefficient (Wildman–Crippen LogP) is 15.4. The molecule has 0 N–H and O–H groups in total. The summed E-state index contributed by atoms with van der Waals surface area (Å²) in [5.41, 5.74) is 20.3. The zero-order chi connectivity index (χ0) is 41.7. The highest BCUT2D eigenvalue weighted by Gasteiger charge is 2.38. The molecule has 3 heteroatoms. The van der Waals surface area contributed by atoms with Gasteiger partial charge in [0.25, 0.3) is 0 Å². The lowest BCUT2D eigenvalue weighted by Crippen LogP contribution is -2.44. The van der Waals surface area contributed by atoms with Crippen LogP contribution >= 0.6 is 0 Å². The Balaban J connectivity index is 1.13. The van der Waals surface area contributed by atoms with Gasteiger partial charge in [-0.15, -0.1) is 0 Å². The minimum Gasteiger partial charge on any atom is -0.311 e. The van der Waals surface area contributed by atoms with Crippen molar-refractivity contribution in [2.75, 3.05) is 16.3 Å². The normalized spacial score (nSPS) is 14.2. The van der Waals surface area contributed by atoms with Gasteiger partial charge in [-0.25, -0.2) is 0 Å². The molecule has 61 heavy (non-hydrogen) atoms. The Morgan fingerprint density at radius 2 is 0.951 bits per heavy atom. The highest BCUT2D eigenvalue weighted by molar-refractivity contribution is 6.01. The van der Waals surface area contributed by atoms with Crippen molar-refractivity contribution < 1.29 is 0 Å². The summed E-state index contributed by atoms with van der Waals surface area (Å²) in [5.74, 6) is 0. The van der Waals surface area contributed by atoms with Crippen LogP contribution in [-0.2, 0) is 18.4 Å². The van der Waals surface area contributed by atoms with Gasteiger partial charge in [0.2, 0.25) is 0 Å². The summed E-state index contributed by atoms with van der Waals surface area (Å²) >= 11 is 0. The van der Waals surface area contributed by atoms with Gasteiger partial charge < -0.3 is 9.80 Å². The Morgan fingerprint density at radius 1 is 0.443 bits per heavy atom. The Labute approximate surface area is 362 Å². The van der Waals surface area contributed by atoms with E-state index in [0.717, 1.165) is 53.6 Å². The van der Waals surface area contributed by atoms with Gasteiger partial charge in [-0.3, -0.25) is 4.90 Å². The molecule has 0 fully saturated rings. The van der Waals surface area contributed by atoms with Crippen molar-refractivity contribution in [2.45, 2.75) is 58.5 Å². The molecular weight excluding hydrogens is 739 g/mol. The molecule has 0 aromatic heterocycles. The molecule has 300 valence electrons. The number of anilines is 6. The maximum absolute atomic E-state index is 2.63. The van der Waals surface area contributed by atoms with Crippen molar-refractivity contribution in [1.82, 2.24) is 4.90 Å². The van der Waals surface area contributed by atoms with Crippen LogP contribution < -0.4 is 9.80 Å². The van der Waals surface area contributed by atoms with Crippen LogP contribution in [0, 0.1) is 0 Å². The van der Waals surface area contributed by atoms with E-state index in [1.165, 1.54) is 55.6 Å². The van der Waals surface area contributed by atoms with Crippen LogP contribution in [0.3, 0.4) is 0 Å². The van der Waals surface area contributed by atoms with E-state index in [4.69, 9.17) is 0 Å². The van der Waals surface area contributed by atoms with Gasteiger partial charge in [0.1, 0.15) is 0 Å². The van der Waals surface area contributed by atoms with Crippen molar-refractivity contribution in [3.8, 4) is 33.4 Å². The summed E-state index contributed by atoms with van der Waals surface area (Å²) in [4.78, 5) is 7.33. The molecule has 0 amide bonds. The first kappa shape index (κ1) is 38.5. The first-order valence-electron chi connectivity index (χ1n) is 21.8. The van der Waals surface area contributed by atoms with Crippen molar-refractivity contribution in [3.05, 3.63) is 216 Å². The van der Waals surface area contributed by atoms with Crippen LogP contribution in [0.1, 0.15) is 56.9 Å². The van der Waals surface area contributed by atoms with Gasteiger partial charge in [0.05, 0.1) is 0 Å². The molecule has 0 spiro atoms. The third kappa shape index (κ3) is 6.93. The maximum Gasteiger partial charge on any atom is 0.0467 e. The second-order valence-corrected chi connectivity index (χ2v) is 18.1. The number of hydrogen-bond donors (Lipinski definition) is 0. The van der Waals surface area contributed by atoms with Crippen molar-refractivity contribution in [3.63, 3.8) is 0 Å². The summed E-state index contributed by atoms with van der Waals surface area (Å²) < 4.78 is 0. The molecule has 1 aliphatic carbocycles. The number of fused-ring (bicyclic) bond motifs is 4. The molecule has 0 atom stereocenters. The Hall–Kier alpha value is -6.68. The molecule has 3 nitrogen and oxygen atoms in total. The van der Waals surface area contributed by atoms with Crippen LogP contribution in [0.25, 0.3) is 33.4 Å². The van der Waals surface area contributed by atoms with Gasteiger partial charge in [0.15, 0.2) is 0 Å². The lowest BCUT2D eigenvalue weighted by Gasteiger charge is -2.40. The molecular formula is C58H53N3. The number of hydrogen-bond acceptors (Lipinski definition) is 3. The molecule has 0 saturated heterocycles. The van der Waals surface area contributed by atoms with Crippen LogP contribution in [0.2, 0.25) is 0 Å². The number of nitrogens with zero attached hydrogens (tertiary/aromatic N) is 3. The third-order valence-corrected chi connectivity index (χ3v) is 13.1. The molecule has 8 aromatic rings. The van der Waals surface area contributed by atoms with Gasteiger partial charge >= 0.3 is 0 Å². The fraction of sp³-hybridized carbons (Fsp3) is 0.172. The molecule has 1 aliphatic heterocycles. The smallest absolute Gasteiger partial charge is 0.0467 e. The minimum atomic E-state index is -0.105. The average molecular weight is 792 g/mol. The molecule has 0 unspecified atom stereocenters. The topological polar surface area (TPSA) is 9.72 Å². The van der Waals surface area contributed by atoms with Crippen LogP contribution in [0.15, 0.2) is 194 Å². The predicted molar refractivity (Wildman–Crippen MR) is 258 cm³/mol. The fourth-order valence-corrected chi connectivity index (χ4v) is 9.92. The summed E-state index contributed by atoms with van der Waals surface area (Å²) in [6.45, 7) is 13.8. The number of rotatable bonds is 8. The Kier molecular flexibility index (Phi) is 9.73. The van der Waals surface area contributed by atoms with Crippen LogP contribution in [-0.4, -0.2) is 17.0 Å². The minimum absolute atomic E-state index is 0.105. The van der Waals surface area contributed by atoms with E-state index in [0.29, 0.717) is 0 Å². The largest absolute Gasteiger partial charge is 0.311 e. The number of para-hydroxylation sites is 3.